The Morgan fingerprint density at radius 1 is 1.15 bits per heavy atom. The fourth-order valence-electron chi connectivity index (χ4n) is 3.76. The average molecular weight is 570 g/mol. The number of benzene rings is 2. The van der Waals surface area contributed by atoms with Gasteiger partial charge in [0, 0.05) is 44.1 Å². The van der Waals surface area contributed by atoms with Crippen LogP contribution in [0, 0.1) is 6.92 Å². The number of rotatable bonds is 8. The zero-order chi connectivity index (χ0) is 27.7. The number of likely N-dealkylation sites (tertiary alicyclic amines) is 1. The molecule has 5 rings (SSSR count). The van der Waals surface area contributed by atoms with Crippen LogP contribution >= 0.6 is 22.9 Å². The number of ether oxygens (including phenoxy) is 2. The summed E-state index contributed by atoms with van der Waals surface area (Å²) in [6, 6.07) is 11.4. The molecule has 0 saturated carbocycles. The van der Waals surface area contributed by atoms with Crippen LogP contribution in [-0.4, -0.2) is 62.7 Å². The van der Waals surface area contributed by atoms with Gasteiger partial charge >= 0.3 is 5.97 Å². The number of carbonyl (C=O) groups is 3. The number of halogens is 1. The van der Waals surface area contributed by atoms with E-state index in [0.29, 0.717) is 36.1 Å². The lowest BCUT2D eigenvalue weighted by atomic mass is 10.1. The maximum Gasteiger partial charge on any atom is 0.357 e. The van der Waals surface area contributed by atoms with E-state index in [1.54, 1.807) is 49.2 Å². The normalized spacial score (nSPS) is 14.9. The third-order valence-electron chi connectivity index (χ3n) is 5.67. The summed E-state index contributed by atoms with van der Waals surface area (Å²) in [5.41, 5.74) is 0.468. The van der Waals surface area contributed by atoms with E-state index in [0.717, 1.165) is 11.3 Å². The molecule has 0 spiro atoms. The SMILES string of the molecule is Cc1nnc(-c2ccc(Oc3cc(OC4CCN(C)C4=O)cc(C(=O)Nc4nc(C(=O)O)c(Cl)s4)c3)cc2)o1. The molecule has 1 atom stereocenters. The number of carboxylic acids is 1. The van der Waals surface area contributed by atoms with Crippen LogP contribution in [0.1, 0.15) is 33.2 Å². The first-order chi connectivity index (χ1) is 18.7. The van der Waals surface area contributed by atoms with Crippen molar-refractivity contribution in [3.05, 3.63) is 63.9 Å². The number of nitrogens with zero attached hydrogens (tertiary/aromatic N) is 4. The summed E-state index contributed by atoms with van der Waals surface area (Å²) < 4.78 is 17.3. The fraction of sp³-hybridized carbons (Fsp3) is 0.200. The van der Waals surface area contributed by atoms with Crippen LogP contribution in [-0.2, 0) is 4.79 Å². The first-order valence-corrected chi connectivity index (χ1v) is 12.7. The van der Waals surface area contributed by atoms with E-state index in [4.69, 9.17) is 25.5 Å². The van der Waals surface area contributed by atoms with E-state index in [1.807, 2.05) is 0 Å². The molecule has 2 aromatic carbocycles. The van der Waals surface area contributed by atoms with Crippen molar-refractivity contribution in [2.75, 3.05) is 18.9 Å². The number of carboxylic acid groups (broad SMARTS) is 1. The van der Waals surface area contributed by atoms with Crippen LogP contribution < -0.4 is 14.8 Å². The van der Waals surface area contributed by atoms with Gasteiger partial charge in [-0.25, -0.2) is 9.78 Å². The number of thiazole rings is 1. The van der Waals surface area contributed by atoms with E-state index in [1.165, 1.54) is 12.1 Å². The number of nitrogens with one attached hydrogen (secondary N) is 1. The van der Waals surface area contributed by atoms with Gasteiger partial charge in [0.05, 0.1) is 0 Å². The highest BCUT2D eigenvalue weighted by Crippen LogP contribution is 2.32. The van der Waals surface area contributed by atoms with Crippen molar-refractivity contribution < 1.29 is 33.4 Å². The van der Waals surface area contributed by atoms with E-state index < -0.39 is 18.0 Å². The summed E-state index contributed by atoms with van der Waals surface area (Å²) in [7, 11) is 1.69. The standard InChI is InChI=1S/C25H20ClN5O7S/c1-12-29-30-22(36-12)13-3-5-15(6-4-13)37-16-9-14(10-17(11-16)38-18-7-8-31(2)23(18)33)21(32)28-25-27-19(24(34)35)20(26)39-25/h3-6,9-11,18H,7-8H2,1-2H3,(H,34,35)(H,27,28,32). The molecule has 0 aliphatic carbocycles. The second-order valence-electron chi connectivity index (χ2n) is 8.50. The molecule has 1 saturated heterocycles. The summed E-state index contributed by atoms with van der Waals surface area (Å²) in [5.74, 6) is -0.314. The zero-order valence-corrected chi connectivity index (χ0v) is 22.1. The highest BCUT2D eigenvalue weighted by Gasteiger charge is 2.31. The Morgan fingerprint density at radius 3 is 2.51 bits per heavy atom. The van der Waals surface area contributed by atoms with Gasteiger partial charge in [-0.3, -0.25) is 14.9 Å². The summed E-state index contributed by atoms with van der Waals surface area (Å²) in [5, 5.41) is 19.5. The quantitative estimate of drug-likeness (QED) is 0.309. The molecule has 3 heterocycles. The topological polar surface area (TPSA) is 157 Å². The molecule has 4 aromatic rings. The Labute approximate surface area is 230 Å². The monoisotopic (exact) mass is 569 g/mol. The molecule has 2 aromatic heterocycles. The third kappa shape index (κ3) is 5.84. The highest BCUT2D eigenvalue weighted by molar-refractivity contribution is 7.20. The van der Waals surface area contributed by atoms with Crippen molar-refractivity contribution >= 4 is 45.9 Å². The molecule has 2 amide bonds. The number of aryl methyl sites for hydroxylation is 1. The molecule has 14 heteroatoms. The Hall–Kier alpha value is -4.49. The predicted octanol–water partition coefficient (Wildman–Crippen LogP) is 4.51. The summed E-state index contributed by atoms with van der Waals surface area (Å²) in [6.45, 7) is 2.25. The second kappa shape index (κ2) is 10.7. The van der Waals surface area contributed by atoms with Crippen molar-refractivity contribution in [2.45, 2.75) is 19.4 Å². The molecule has 2 N–H and O–H groups in total. The lowest BCUT2D eigenvalue weighted by Gasteiger charge is -2.15. The van der Waals surface area contributed by atoms with Gasteiger partial charge in [0.1, 0.15) is 21.6 Å². The van der Waals surface area contributed by atoms with Gasteiger partial charge in [-0.15, -0.1) is 10.2 Å². The van der Waals surface area contributed by atoms with Gasteiger partial charge in [-0.2, -0.15) is 0 Å². The first-order valence-electron chi connectivity index (χ1n) is 11.5. The van der Waals surface area contributed by atoms with E-state index >= 15 is 0 Å². The smallest absolute Gasteiger partial charge is 0.357 e. The average Bonchev–Trinajstić information content (AvgIpc) is 3.59. The van der Waals surface area contributed by atoms with Crippen LogP contribution in [0.3, 0.4) is 0 Å². The number of aromatic nitrogens is 3. The second-order valence-corrected chi connectivity index (χ2v) is 10.1. The highest BCUT2D eigenvalue weighted by atomic mass is 35.5. The number of aromatic carboxylic acids is 1. The molecule has 1 unspecified atom stereocenters. The summed E-state index contributed by atoms with van der Waals surface area (Å²) in [4.78, 5) is 42.1. The number of hydrogen-bond donors (Lipinski definition) is 2. The molecule has 200 valence electrons. The largest absolute Gasteiger partial charge is 0.480 e. The Morgan fingerprint density at radius 2 is 1.90 bits per heavy atom. The maximum atomic E-state index is 13.1. The van der Waals surface area contributed by atoms with Gasteiger partial charge in [-0.1, -0.05) is 22.9 Å². The van der Waals surface area contributed by atoms with Gasteiger partial charge in [0.2, 0.25) is 11.8 Å². The van der Waals surface area contributed by atoms with Crippen molar-refractivity contribution in [2.24, 2.45) is 0 Å². The van der Waals surface area contributed by atoms with Crippen molar-refractivity contribution in [1.82, 2.24) is 20.1 Å². The molecule has 1 aliphatic rings. The van der Waals surface area contributed by atoms with E-state index in [2.05, 4.69) is 20.5 Å². The molecule has 0 radical (unpaired) electrons. The van der Waals surface area contributed by atoms with Gasteiger partial charge in [0.15, 0.2) is 16.9 Å². The van der Waals surface area contributed by atoms with Crippen LogP contribution in [0.4, 0.5) is 5.13 Å². The number of anilines is 1. The van der Waals surface area contributed by atoms with Crippen molar-refractivity contribution in [3.8, 4) is 28.7 Å². The number of carbonyl (C=O) groups excluding carboxylic acids is 2. The molecule has 12 nitrogen and oxygen atoms in total. The van der Waals surface area contributed by atoms with E-state index in [-0.39, 0.29) is 38.1 Å². The molecular formula is C25H20ClN5O7S. The lowest BCUT2D eigenvalue weighted by Crippen LogP contribution is -2.29. The molecule has 1 fully saturated rings. The van der Waals surface area contributed by atoms with Crippen LogP contribution in [0.5, 0.6) is 17.2 Å². The summed E-state index contributed by atoms with van der Waals surface area (Å²) in [6.07, 6.45) is -0.206. The maximum absolute atomic E-state index is 13.1. The lowest BCUT2D eigenvalue weighted by molar-refractivity contribution is -0.132. The molecular weight excluding hydrogens is 550 g/mol. The molecule has 39 heavy (non-hydrogen) atoms. The minimum atomic E-state index is -1.31. The fourth-order valence-corrected chi connectivity index (χ4v) is 4.79. The zero-order valence-electron chi connectivity index (χ0n) is 20.5. The van der Waals surface area contributed by atoms with Crippen LogP contribution in [0.25, 0.3) is 11.5 Å². The minimum Gasteiger partial charge on any atom is -0.480 e. The van der Waals surface area contributed by atoms with Crippen molar-refractivity contribution in [1.29, 1.82) is 0 Å². The number of likely N-dealkylation sites (N-methyl/N-ethyl adjacent to an activating group) is 1. The molecule has 1 aliphatic heterocycles. The first kappa shape index (κ1) is 26.1. The Balaban J connectivity index is 1.41. The van der Waals surface area contributed by atoms with Crippen LogP contribution in [0.2, 0.25) is 4.34 Å². The van der Waals surface area contributed by atoms with Crippen molar-refractivity contribution in [3.63, 3.8) is 0 Å². The number of amides is 2. The van der Waals surface area contributed by atoms with E-state index in [9.17, 15) is 19.5 Å². The van der Waals surface area contributed by atoms with Gasteiger partial charge in [-0.05, 0) is 36.4 Å². The Kier molecular flexibility index (Phi) is 7.17. The van der Waals surface area contributed by atoms with Crippen LogP contribution in [0.15, 0.2) is 46.9 Å². The van der Waals surface area contributed by atoms with Gasteiger partial charge in [0.25, 0.3) is 11.8 Å². The predicted molar refractivity (Wildman–Crippen MR) is 140 cm³/mol. The minimum absolute atomic E-state index is 0.00985. The third-order valence-corrected chi connectivity index (χ3v) is 6.84. The molecule has 0 bridgehead atoms. The summed E-state index contributed by atoms with van der Waals surface area (Å²) >= 11 is 6.73. The number of hydrogen-bond acceptors (Lipinski definition) is 10. The van der Waals surface area contributed by atoms with Gasteiger partial charge < -0.3 is 23.9 Å². The Bertz CT molecular complexity index is 1570.